The number of ether oxygens (including phenoxy) is 1. The number of aryl methyl sites for hydroxylation is 1. The minimum Gasteiger partial charge on any atom is -0.480 e. The molecule has 184 valence electrons. The molecule has 4 atom stereocenters. The number of aromatic nitrogens is 5. The average Bonchev–Trinajstić information content (AvgIpc) is 3.25. The lowest BCUT2D eigenvalue weighted by molar-refractivity contribution is 0.372. The second-order valence-corrected chi connectivity index (χ2v) is 10.3. The number of nitrogens with one attached hydrogen (secondary N) is 1. The van der Waals surface area contributed by atoms with E-state index in [0.29, 0.717) is 34.7 Å². The number of hydrogen-bond donors (Lipinski definition) is 1. The Morgan fingerprint density at radius 1 is 1.09 bits per heavy atom. The lowest BCUT2D eigenvalue weighted by atomic mass is 9.92. The summed E-state index contributed by atoms with van der Waals surface area (Å²) in [5, 5.41) is 17.0. The topological polar surface area (TPSA) is 81.0 Å². The standard InChI is InChI=1S/C25H29ClFN7O/c1-35-22-11-20(12-28-31-22)33-13-15-5-6-16(14-33)23(15)29-25-30-24-21(4-2-3-7-34(24)32-25)17-8-18(26)10-19(27)9-17/h8-12,15-16,21,23H,2-7,13-14H2,1H3,(H,29,32)/t15-,16+,21-,23-/m0/s1. The Kier molecular flexibility index (Phi) is 5.96. The molecular formula is C25H29ClFN7O. The minimum atomic E-state index is -0.313. The number of nitrogens with zero attached hydrogens (tertiary/aromatic N) is 6. The molecule has 2 aromatic heterocycles. The molecule has 8 nitrogen and oxygen atoms in total. The van der Waals surface area contributed by atoms with Crippen molar-refractivity contribution >= 4 is 23.2 Å². The molecule has 1 aromatic carbocycles. The van der Waals surface area contributed by atoms with E-state index >= 15 is 0 Å². The van der Waals surface area contributed by atoms with Gasteiger partial charge in [0, 0.05) is 42.7 Å². The molecule has 2 bridgehead atoms. The van der Waals surface area contributed by atoms with E-state index in [2.05, 4.69) is 20.4 Å². The van der Waals surface area contributed by atoms with Gasteiger partial charge >= 0.3 is 0 Å². The normalized spacial score (nSPS) is 25.7. The molecule has 0 unspecified atom stereocenters. The Bertz CT molecular complexity index is 1190. The van der Waals surface area contributed by atoms with E-state index in [1.54, 1.807) is 13.2 Å². The molecule has 3 aliphatic rings. The molecule has 0 radical (unpaired) electrons. The first-order valence-electron chi connectivity index (χ1n) is 12.4. The molecule has 10 heteroatoms. The van der Waals surface area contributed by atoms with E-state index < -0.39 is 0 Å². The highest BCUT2D eigenvalue weighted by atomic mass is 35.5. The van der Waals surface area contributed by atoms with Gasteiger partial charge in [-0.25, -0.2) is 9.07 Å². The fraction of sp³-hybridized carbons (Fsp3) is 0.520. The van der Waals surface area contributed by atoms with E-state index in [4.69, 9.17) is 26.4 Å². The van der Waals surface area contributed by atoms with Crippen LogP contribution in [0.1, 0.15) is 49.4 Å². The van der Waals surface area contributed by atoms with Crippen LogP contribution in [0.15, 0.2) is 30.5 Å². The van der Waals surface area contributed by atoms with E-state index in [1.165, 1.54) is 18.9 Å². The van der Waals surface area contributed by atoms with Crippen LogP contribution in [0.25, 0.3) is 0 Å². The molecule has 6 rings (SSSR count). The van der Waals surface area contributed by atoms with Gasteiger partial charge in [0.25, 0.3) is 0 Å². The summed E-state index contributed by atoms with van der Waals surface area (Å²) in [6.45, 7) is 2.72. The quantitative estimate of drug-likeness (QED) is 0.555. The molecule has 35 heavy (non-hydrogen) atoms. The van der Waals surface area contributed by atoms with Crippen LogP contribution < -0.4 is 15.0 Å². The zero-order valence-corrected chi connectivity index (χ0v) is 20.5. The minimum absolute atomic E-state index is 0.0125. The molecular weight excluding hydrogens is 469 g/mol. The SMILES string of the molecule is COc1cc(N2C[C@H]3CC[C@@H](C2)[C@@H]3Nc2nc3n(n2)CCCC[C@H]3c2cc(F)cc(Cl)c2)cnn1. The van der Waals surface area contributed by atoms with Crippen LogP contribution in [-0.4, -0.2) is 51.2 Å². The van der Waals surface area contributed by atoms with Crippen LogP contribution in [0.2, 0.25) is 5.02 Å². The molecule has 2 aliphatic heterocycles. The van der Waals surface area contributed by atoms with Crippen molar-refractivity contribution < 1.29 is 9.13 Å². The molecule has 1 saturated heterocycles. The van der Waals surface area contributed by atoms with Crippen molar-refractivity contribution in [1.82, 2.24) is 25.0 Å². The van der Waals surface area contributed by atoms with Crippen LogP contribution in [0, 0.1) is 17.7 Å². The lowest BCUT2D eigenvalue weighted by Gasteiger charge is -2.39. The number of hydrogen-bond acceptors (Lipinski definition) is 7. The maximum absolute atomic E-state index is 14.1. The summed E-state index contributed by atoms with van der Waals surface area (Å²) in [6.07, 6.45) is 7.14. The van der Waals surface area contributed by atoms with Gasteiger partial charge in [-0.05, 0) is 61.3 Å². The molecule has 0 spiro atoms. The first-order chi connectivity index (χ1) is 17.1. The van der Waals surface area contributed by atoms with E-state index in [1.807, 2.05) is 23.0 Å². The van der Waals surface area contributed by atoms with Gasteiger partial charge in [0.1, 0.15) is 11.6 Å². The fourth-order valence-corrected chi connectivity index (χ4v) is 6.33. The predicted molar refractivity (Wildman–Crippen MR) is 132 cm³/mol. The van der Waals surface area contributed by atoms with Crippen molar-refractivity contribution in [3.63, 3.8) is 0 Å². The Balaban J connectivity index is 1.21. The Morgan fingerprint density at radius 3 is 2.69 bits per heavy atom. The number of rotatable bonds is 5. The van der Waals surface area contributed by atoms with Crippen LogP contribution >= 0.6 is 11.6 Å². The number of anilines is 2. The van der Waals surface area contributed by atoms with Crippen molar-refractivity contribution in [2.75, 3.05) is 30.4 Å². The zero-order chi connectivity index (χ0) is 23.9. The fourth-order valence-electron chi connectivity index (χ4n) is 6.10. The molecule has 4 heterocycles. The summed E-state index contributed by atoms with van der Waals surface area (Å²) in [5.74, 6) is 2.77. The third-order valence-corrected chi connectivity index (χ3v) is 7.95. The molecule has 1 aliphatic carbocycles. The van der Waals surface area contributed by atoms with Crippen molar-refractivity contribution in [2.45, 2.75) is 50.6 Å². The van der Waals surface area contributed by atoms with Gasteiger partial charge < -0.3 is 15.0 Å². The Hall–Kier alpha value is -2.94. The molecule has 1 saturated carbocycles. The number of methoxy groups -OCH3 is 1. The summed E-state index contributed by atoms with van der Waals surface area (Å²) in [6, 6.07) is 7.06. The largest absolute Gasteiger partial charge is 0.480 e. The summed E-state index contributed by atoms with van der Waals surface area (Å²) in [7, 11) is 1.61. The monoisotopic (exact) mass is 497 g/mol. The maximum Gasteiger partial charge on any atom is 0.242 e. The van der Waals surface area contributed by atoms with Gasteiger partial charge in [0.2, 0.25) is 11.8 Å². The first kappa shape index (κ1) is 22.5. The van der Waals surface area contributed by atoms with E-state index in [0.717, 1.165) is 56.0 Å². The zero-order valence-electron chi connectivity index (χ0n) is 19.7. The third kappa shape index (κ3) is 4.42. The highest BCUT2D eigenvalue weighted by Gasteiger charge is 2.43. The maximum atomic E-state index is 14.1. The van der Waals surface area contributed by atoms with Crippen LogP contribution in [0.4, 0.5) is 16.0 Å². The van der Waals surface area contributed by atoms with E-state index in [9.17, 15) is 4.39 Å². The molecule has 1 N–H and O–H groups in total. The summed E-state index contributed by atoms with van der Waals surface area (Å²) in [5.41, 5.74) is 1.92. The smallest absolute Gasteiger partial charge is 0.242 e. The van der Waals surface area contributed by atoms with Crippen LogP contribution in [0.3, 0.4) is 0 Å². The van der Waals surface area contributed by atoms with Gasteiger partial charge in [0.15, 0.2) is 0 Å². The molecule has 3 aromatic rings. The summed E-state index contributed by atoms with van der Waals surface area (Å²) >= 11 is 6.17. The predicted octanol–water partition coefficient (Wildman–Crippen LogP) is 4.51. The van der Waals surface area contributed by atoms with Crippen LogP contribution in [0.5, 0.6) is 5.88 Å². The summed E-state index contributed by atoms with van der Waals surface area (Å²) < 4.78 is 21.4. The second kappa shape index (κ2) is 9.26. The van der Waals surface area contributed by atoms with E-state index in [-0.39, 0.29) is 11.7 Å². The van der Waals surface area contributed by atoms with Gasteiger partial charge in [-0.1, -0.05) is 18.0 Å². The Labute approximate surface area is 208 Å². The van der Waals surface area contributed by atoms with Gasteiger partial charge in [0.05, 0.1) is 19.0 Å². The molecule has 0 amide bonds. The van der Waals surface area contributed by atoms with Gasteiger partial charge in [-0.2, -0.15) is 10.1 Å². The van der Waals surface area contributed by atoms with Gasteiger partial charge in [-0.3, -0.25) is 0 Å². The highest BCUT2D eigenvalue weighted by molar-refractivity contribution is 6.30. The number of fused-ring (bicyclic) bond motifs is 3. The lowest BCUT2D eigenvalue weighted by Crippen LogP contribution is -2.48. The number of benzene rings is 1. The van der Waals surface area contributed by atoms with Crippen molar-refractivity contribution in [2.24, 2.45) is 11.8 Å². The van der Waals surface area contributed by atoms with Crippen molar-refractivity contribution in [3.8, 4) is 5.88 Å². The highest BCUT2D eigenvalue weighted by Crippen LogP contribution is 2.41. The van der Waals surface area contributed by atoms with Crippen molar-refractivity contribution in [3.05, 3.63) is 52.7 Å². The summed E-state index contributed by atoms with van der Waals surface area (Å²) in [4.78, 5) is 7.33. The number of piperidine rings is 1. The first-order valence-corrected chi connectivity index (χ1v) is 12.7. The Morgan fingerprint density at radius 2 is 1.91 bits per heavy atom. The average molecular weight is 498 g/mol. The van der Waals surface area contributed by atoms with Crippen LogP contribution in [-0.2, 0) is 6.54 Å². The third-order valence-electron chi connectivity index (χ3n) is 7.73. The molecule has 2 fully saturated rings. The van der Waals surface area contributed by atoms with Crippen molar-refractivity contribution in [1.29, 1.82) is 0 Å². The van der Waals surface area contributed by atoms with Gasteiger partial charge in [-0.15, -0.1) is 10.2 Å². The number of halogens is 2. The second-order valence-electron chi connectivity index (χ2n) is 9.90.